The molecule has 0 radical (unpaired) electrons. The minimum absolute atomic E-state index is 0.189. The highest BCUT2D eigenvalue weighted by Crippen LogP contribution is 2.65. The number of benzene rings is 8. The Kier molecular flexibility index (Phi) is 6.05. The summed E-state index contributed by atoms with van der Waals surface area (Å²) < 4.78 is 13.5. The van der Waals surface area contributed by atoms with Gasteiger partial charge >= 0.3 is 0 Å². The molecule has 1 aromatic heterocycles. The van der Waals surface area contributed by atoms with E-state index in [1.807, 2.05) is 0 Å². The Morgan fingerprint density at radius 2 is 1.02 bits per heavy atom. The van der Waals surface area contributed by atoms with Gasteiger partial charge in [0.05, 0.1) is 16.8 Å². The maximum Gasteiger partial charge on any atom is 0.137 e. The van der Waals surface area contributed by atoms with Crippen LogP contribution in [0.1, 0.15) is 47.2 Å². The van der Waals surface area contributed by atoms with Crippen LogP contribution in [0, 0.1) is 0 Å². The monoisotopic (exact) mass is 705 g/mol. The fraction of sp³-hybridized carbons (Fsp3) is 0.0769. The number of rotatable bonds is 2. The number of hydrogen-bond donors (Lipinski definition) is 0. The molecule has 55 heavy (non-hydrogen) atoms. The van der Waals surface area contributed by atoms with Gasteiger partial charge in [-0.15, -0.1) is 0 Å². The van der Waals surface area contributed by atoms with E-state index in [9.17, 15) is 0 Å². The Bertz CT molecular complexity index is 3000. The summed E-state index contributed by atoms with van der Waals surface area (Å²) in [7, 11) is 0. The van der Waals surface area contributed by atoms with Crippen LogP contribution >= 0.6 is 0 Å². The van der Waals surface area contributed by atoms with Crippen LogP contribution in [0.25, 0.3) is 44.2 Å². The lowest BCUT2D eigenvalue weighted by Gasteiger charge is -2.49. The molecule has 3 heterocycles. The summed E-state index contributed by atoms with van der Waals surface area (Å²) in [5.74, 6) is 1.74. The average molecular weight is 706 g/mol. The Hall–Kier alpha value is -6.84. The van der Waals surface area contributed by atoms with E-state index in [4.69, 9.17) is 9.15 Å². The summed E-state index contributed by atoms with van der Waals surface area (Å²) in [6.45, 7) is 4.74. The Morgan fingerprint density at radius 1 is 0.418 bits per heavy atom. The van der Waals surface area contributed by atoms with Gasteiger partial charge in [0.1, 0.15) is 22.7 Å². The van der Waals surface area contributed by atoms with Crippen LogP contribution in [0.3, 0.4) is 0 Å². The molecule has 260 valence electrons. The first kappa shape index (κ1) is 30.6. The van der Waals surface area contributed by atoms with Gasteiger partial charge in [-0.1, -0.05) is 135 Å². The van der Waals surface area contributed by atoms with E-state index in [0.717, 1.165) is 61.6 Å². The summed E-state index contributed by atoms with van der Waals surface area (Å²) in [5, 5.41) is 2.21. The highest BCUT2D eigenvalue weighted by atomic mass is 16.5. The van der Waals surface area contributed by atoms with E-state index < -0.39 is 5.41 Å². The molecule has 0 bridgehead atoms. The molecule has 0 saturated heterocycles. The smallest absolute Gasteiger partial charge is 0.137 e. The second-order valence-electron chi connectivity index (χ2n) is 15.6. The van der Waals surface area contributed by atoms with Crippen LogP contribution in [-0.4, -0.2) is 0 Å². The Labute approximate surface area is 319 Å². The van der Waals surface area contributed by atoms with Gasteiger partial charge in [0, 0.05) is 39.1 Å². The maximum atomic E-state index is 6.79. The summed E-state index contributed by atoms with van der Waals surface area (Å²) in [6, 6.07) is 64.0. The first-order valence-corrected chi connectivity index (χ1v) is 19.1. The Balaban J connectivity index is 1.26. The van der Waals surface area contributed by atoms with E-state index >= 15 is 0 Å². The van der Waals surface area contributed by atoms with Gasteiger partial charge in [-0.25, -0.2) is 0 Å². The van der Waals surface area contributed by atoms with Crippen LogP contribution in [0.4, 0.5) is 17.1 Å². The van der Waals surface area contributed by atoms with Gasteiger partial charge in [0.25, 0.3) is 0 Å². The number of fused-ring (bicyclic) bond motifs is 14. The van der Waals surface area contributed by atoms with Crippen molar-refractivity contribution >= 4 is 39.0 Å². The first-order chi connectivity index (χ1) is 27.0. The van der Waals surface area contributed by atoms with E-state index in [2.05, 4.69) is 195 Å². The van der Waals surface area contributed by atoms with Crippen LogP contribution in [-0.2, 0) is 10.8 Å². The van der Waals surface area contributed by atoms with Crippen molar-refractivity contribution in [1.82, 2.24) is 0 Å². The van der Waals surface area contributed by atoms with Crippen molar-refractivity contribution in [2.24, 2.45) is 0 Å². The Morgan fingerprint density at radius 3 is 1.78 bits per heavy atom. The third kappa shape index (κ3) is 4.00. The molecule has 9 aromatic rings. The predicted molar refractivity (Wildman–Crippen MR) is 223 cm³/mol. The van der Waals surface area contributed by atoms with E-state index in [0.29, 0.717) is 0 Å². The topological polar surface area (TPSA) is 25.6 Å². The second-order valence-corrected chi connectivity index (χ2v) is 15.6. The molecule has 12 rings (SSSR count). The lowest BCUT2D eigenvalue weighted by atomic mass is 9.60. The predicted octanol–water partition coefficient (Wildman–Crippen LogP) is 13.8. The largest absolute Gasteiger partial charge is 0.457 e. The fourth-order valence-corrected chi connectivity index (χ4v) is 10.0. The van der Waals surface area contributed by atoms with Crippen molar-refractivity contribution in [2.75, 3.05) is 4.90 Å². The van der Waals surface area contributed by atoms with Gasteiger partial charge in [-0.3, -0.25) is 0 Å². The average Bonchev–Trinajstić information content (AvgIpc) is 3.71. The molecule has 0 saturated carbocycles. The van der Waals surface area contributed by atoms with E-state index in [-0.39, 0.29) is 5.41 Å². The lowest BCUT2D eigenvalue weighted by molar-refractivity contribution is 0.434. The molecule has 3 heteroatoms. The van der Waals surface area contributed by atoms with Gasteiger partial charge in [0.15, 0.2) is 0 Å². The number of para-hydroxylation sites is 3. The molecule has 0 unspecified atom stereocenters. The molecular weight excluding hydrogens is 671 g/mol. The zero-order valence-electron chi connectivity index (χ0n) is 30.5. The van der Waals surface area contributed by atoms with Crippen molar-refractivity contribution in [3.8, 4) is 33.8 Å². The molecule has 2 aliphatic heterocycles. The molecule has 1 spiro atoms. The molecule has 0 amide bonds. The fourth-order valence-electron chi connectivity index (χ4n) is 10.0. The third-order valence-electron chi connectivity index (χ3n) is 12.5. The summed E-state index contributed by atoms with van der Waals surface area (Å²) in [5.41, 5.74) is 16.5. The number of furan rings is 1. The van der Waals surface area contributed by atoms with Crippen LogP contribution in [0.15, 0.2) is 180 Å². The van der Waals surface area contributed by atoms with Crippen LogP contribution < -0.4 is 9.64 Å². The molecule has 3 aliphatic rings. The maximum absolute atomic E-state index is 6.79. The van der Waals surface area contributed by atoms with Gasteiger partial charge in [-0.2, -0.15) is 0 Å². The van der Waals surface area contributed by atoms with Gasteiger partial charge < -0.3 is 14.1 Å². The number of hydrogen-bond acceptors (Lipinski definition) is 3. The number of nitrogens with zero attached hydrogens (tertiary/aromatic N) is 1. The first-order valence-electron chi connectivity index (χ1n) is 19.1. The standard InChI is InChI=1S/C52H35NO2/c1-51(2)39-18-8-6-16-35(39)37-28-43-45(30-42(37)51)53(34-26-24-33(25-27-34)32-14-4-3-5-15-32)46-31-50-38(36-17-7-11-21-47(36)54-50)29-44(46)52(43)40-19-9-12-22-48(40)55-49-23-13-10-20-41(49)52/h3-31H,1-2H3. The van der Waals surface area contributed by atoms with Crippen molar-refractivity contribution in [1.29, 1.82) is 0 Å². The van der Waals surface area contributed by atoms with Crippen molar-refractivity contribution in [2.45, 2.75) is 24.7 Å². The van der Waals surface area contributed by atoms with Crippen LogP contribution in [0.2, 0.25) is 0 Å². The highest BCUT2D eigenvalue weighted by molar-refractivity contribution is 6.08. The van der Waals surface area contributed by atoms with E-state index in [1.54, 1.807) is 0 Å². The third-order valence-corrected chi connectivity index (χ3v) is 12.5. The normalized spacial score (nSPS) is 15.1. The quantitative estimate of drug-likeness (QED) is 0.179. The minimum atomic E-state index is -0.708. The molecule has 3 nitrogen and oxygen atoms in total. The van der Waals surface area contributed by atoms with Crippen molar-refractivity contribution in [3.05, 3.63) is 209 Å². The molecule has 8 aromatic carbocycles. The summed E-state index contributed by atoms with van der Waals surface area (Å²) in [4.78, 5) is 2.48. The highest BCUT2D eigenvalue weighted by Gasteiger charge is 2.53. The second kappa shape index (κ2) is 10.9. The summed E-state index contributed by atoms with van der Waals surface area (Å²) >= 11 is 0. The number of anilines is 3. The van der Waals surface area contributed by atoms with E-state index in [1.165, 1.54) is 44.5 Å². The molecule has 0 atom stereocenters. The number of ether oxygens (including phenoxy) is 1. The minimum Gasteiger partial charge on any atom is -0.457 e. The van der Waals surface area contributed by atoms with Crippen molar-refractivity contribution < 1.29 is 9.15 Å². The zero-order chi connectivity index (χ0) is 36.5. The van der Waals surface area contributed by atoms with Crippen LogP contribution in [0.5, 0.6) is 11.5 Å². The van der Waals surface area contributed by atoms with Crippen molar-refractivity contribution in [3.63, 3.8) is 0 Å². The summed E-state index contributed by atoms with van der Waals surface area (Å²) in [6.07, 6.45) is 0. The molecule has 0 N–H and O–H groups in total. The SMILES string of the molecule is CC1(C)c2ccccc2-c2cc3c(cc21)N(c1ccc(-c2ccccc2)cc1)c1cc2oc4ccccc4c2cc1C31c2ccccc2Oc2ccccc21. The van der Waals surface area contributed by atoms with Gasteiger partial charge in [0.2, 0.25) is 0 Å². The zero-order valence-corrected chi connectivity index (χ0v) is 30.5. The lowest BCUT2D eigenvalue weighted by Crippen LogP contribution is -2.40. The van der Waals surface area contributed by atoms with Gasteiger partial charge in [-0.05, 0) is 93.0 Å². The molecular formula is C52H35NO2. The molecule has 0 fully saturated rings. The molecule has 1 aliphatic carbocycles.